The van der Waals surface area contributed by atoms with E-state index < -0.39 is 0 Å². The number of pyridine rings is 1. The molecule has 1 aliphatic heterocycles. The van der Waals surface area contributed by atoms with Crippen LogP contribution in [0, 0.1) is 0 Å². The number of hydrogen-bond acceptors (Lipinski definition) is 9. The fraction of sp³-hybridized carbons (Fsp3) is 0.741. The molecule has 210 valence electrons. The van der Waals surface area contributed by atoms with Gasteiger partial charge in [0.2, 0.25) is 5.91 Å². The van der Waals surface area contributed by atoms with Gasteiger partial charge in [-0.05, 0) is 63.9 Å². The van der Waals surface area contributed by atoms with Crippen molar-refractivity contribution in [3.8, 4) is 5.75 Å². The molecule has 0 radical (unpaired) electrons. The van der Waals surface area contributed by atoms with E-state index in [4.69, 9.17) is 24.7 Å². The minimum Gasteiger partial charge on any atom is -0.490 e. The predicted molar refractivity (Wildman–Crippen MR) is 142 cm³/mol. The molecule has 0 bridgehead atoms. The fourth-order valence-electron chi connectivity index (χ4n) is 4.11. The van der Waals surface area contributed by atoms with Crippen molar-refractivity contribution in [2.24, 2.45) is 5.73 Å². The summed E-state index contributed by atoms with van der Waals surface area (Å²) in [5, 5.41) is 2.81. The summed E-state index contributed by atoms with van der Waals surface area (Å²) in [6.07, 6.45) is 9.27. The Balaban J connectivity index is 1.40. The van der Waals surface area contributed by atoms with Gasteiger partial charge in [0.1, 0.15) is 18.1 Å². The lowest BCUT2D eigenvalue weighted by Gasteiger charge is -2.19. The summed E-state index contributed by atoms with van der Waals surface area (Å²) in [5.41, 5.74) is 6.55. The van der Waals surface area contributed by atoms with Gasteiger partial charge in [0.15, 0.2) is 0 Å². The van der Waals surface area contributed by atoms with Gasteiger partial charge in [-0.25, -0.2) is 0 Å². The molecule has 0 aliphatic carbocycles. The molecule has 1 amide bonds. The first-order valence-corrected chi connectivity index (χ1v) is 13.6. The molecule has 1 fully saturated rings. The quantitative estimate of drug-likeness (QED) is 0.221. The smallest absolute Gasteiger partial charge is 0.220 e. The predicted octanol–water partition coefficient (Wildman–Crippen LogP) is 2.26. The van der Waals surface area contributed by atoms with Crippen LogP contribution < -0.4 is 15.8 Å². The Morgan fingerprint density at radius 2 is 1.70 bits per heavy atom. The average Bonchev–Trinajstić information content (AvgIpc) is 3.34. The van der Waals surface area contributed by atoms with Gasteiger partial charge in [0.25, 0.3) is 0 Å². The summed E-state index contributed by atoms with van der Waals surface area (Å²) in [6.45, 7) is 5.93. The van der Waals surface area contributed by atoms with Gasteiger partial charge in [0.05, 0.1) is 39.2 Å². The summed E-state index contributed by atoms with van der Waals surface area (Å²) in [5.74, 6) is 0.677. The van der Waals surface area contributed by atoms with E-state index in [0.29, 0.717) is 77.5 Å². The Morgan fingerprint density at radius 3 is 2.41 bits per heavy atom. The van der Waals surface area contributed by atoms with Crippen LogP contribution in [0.25, 0.3) is 0 Å². The first-order valence-electron chi connectivity index (χ1n) is 13.6. The number of amides is 1. The maximum atomic E-state index is 12.0. The summed E-state index contributed by atoms with van der Waals surface area (Å²) in [7, 11) is 2.13. The van der Waals surface area contributed by atoms with Crippen molar-refractivity contribution in [2.75, 3.05) is 72.9 Å². The van der Waals surface area contributed by atoms with Crippen LogP contribution in [0.15, 0.2) is 18.5 Å². The molecule has 1 aromatic heterocycles. The fourth-order valence-corrected chi connectivity index (χ4v) is 4.11. The van der Waals surface area contributed by atoms with Crippen LogP contribution in [0.3, 0.4) is 0 Å². The van der Waals surface area contributed by atoms with Crippen molar-refractivity contribution in [2.45, 2.75) is 57.4 Å². The number of unbranched alkanes of at least 4 members (excludes halogenated alkanes) is 1. The highest BCUT2D eigenvalue weighted by Crippen LogP contribution is 2.31. The first-order chi connectivity index (χ1) is 18.1. The first kappa shape index (κ1) is 31.1. The highest BCUT2D eigenvalue weighted by atomic mass is 16.5. The van der Waals surface area contributed by atoms with Crippen molar-refractivity contribution in [1.82, 2.24) is 15.2 Å². The zero-order chi connectivity index (χ0) is 26.6. The summed E-state index contributed by atoms with van der Waals surface area (Å²) in [4.78, 5) is 30.7. The molecule has 10 nitrogen and oxygen atoms in total. The molecule has 1 saturated heterocycles. The Hall–Kier alpha value is -2.11. The van der Waals surface area contributed by atoms with E-state index >= 15 is 0 Å². The third kappa shape index (κ3) is 14.4. The molecule has 0 saturated carbocycles. The van der Waals surface area contributed by atoms with Gasteiger partial charge in [-0.1, -0.05) is 0 Å². The number of nitrogens with two attached hydrogens (primary N) is 1. The maximum absolute atomic E-state index is 12.0. The zero-order valence-corrected chi connectivity index (χ0v) is 22.5. The van der Waals surface area contributed by atoms with E-state index in [-0.39, 0.29) is 24.5 Å². The number of aromatic nitrogens is 1. The van der Waals surface area contributed by atoms with Crippen LogP contribution in [-0.4, -0.2) is 94.5 Å². The molecule has 1 aliphatic rings. The second-order valence-corrected chi connectivity index (χ2v) is 9.27. The van der Waals surface area contributed by atoms with E-state index in [0.717, 1.165) is 37.8 Å². The van der Waals surface area contributed by atoms with Crippen molar-refractivity contribution < 1.29 is 28.5 Å². The molecule has 10 heteroatoms. The van der Waals surface area contributed by atoms with Gasteiger partial charge < -0.3 is 30.0 Å². The highest BCUT2D eigenvalue weighted by molar-refractivity contribution is 5.84. The second kappa shape index (κ2) is 19.9. The number of ketones is 1. The zero-order valence-electron chi connectivity index (χ0n) is 22.5. The van der Waals surface area contributed by atoms with Gasteiger partial charge in [-0.15, -0.1) is 0 Å². The van der Waals surface area contributed by atoms with Gasteiger partial charge in [-0.2, -0.15) is 0 Å². The summed E-state index contributed by atoms with van der Waals surface area (Å²) in [6, 6.07) is 2.42. The van der Waals surface area contributed by atoms with E-state index in [9.17, 15) is 9.59 Å². The van der Waals surface area contributed by atoms with E-state index in [1.54, 1.807) is 6.20 Å². The van der Waals surface area contributed by atoms with Crippen molar-refractivity contribution in [3.05, 3.63) is 24.0 Å². The van der Waals surface area contributed by atoms with Crippen LogP contribution in [-0.2, 0) is 23.8 Å². The van der Waals surface area contributed by atoms with Crippen LogP contribution >= 0.6 is 0 Å². The van der Waals surface area contributed by atoms with Gasteiger partial charge in [-0.3, -0.25) is 19.5 Å². The number of Topliss-reactive ketones (excluding diaryl/α,β-unsaturated/α-hetero) is 1. The lowest BCUT2D eigenvalue weighted by atomic mass is 10.1. The number of likely N-dealkylation sites (tertiary alicyclic amines) is 1. The number of rotatable bonds is 22. The van der Waals surface area contributed by atoms with E-state index in [1.807, 2.05) is 12.3 Å². The SMILES string of the molecule is CN1CCC[C@H]1c1cncc(OCCNC(=O)CCC(=O)CCCCOCCOCCOCCCN)c1. The molecular formula is C27H46N4O6. The number of carbonyl (C=O) groups excluding carboxylic acids is 2. The van der Waals surface area contributed by atoms with Crippen LogP contribution in [0.4, 0.5) is 0 Å². The standard InChI is InChI=1S/C27H46N4O6/c1-31-12-4-7-26(31)23-20-25(22-29-21-23)37-15-11-30-27(33)9-8-24(32)6-2-3-13-34-16-18-36-19-17-35-14-5-10-28/h20-22,26H,2-19,28H2,1H3,(H,30,33)/t26-/m0/s1. The molecular weight excluding hydrogens is 476 g/mol. The minimum atomic E-state index is -0.135. The normalized spacial score (nSPS) is 15.7. The molecule has 0 unspecified atom stereocenters. The number of ether oxygens (including phenoxy) is 4. The Labute approximate surface area is 221 Å². The van der Waals surface area contributed by atoms with Crippen molar-refractivity contribution in [3.63, 3.8) is 0 Å². The maximum Gasteiger partial charge on any atom is 0.220 e. The number of nitrogens with zero attached hydrogens (tertiary/aromatic N) is 2. The van der Waals surface area contributed by atoms with Crippen molar-refractivity contribution in [1.29, 1.82) is 0 Å². The van der Waals surface area contributed by atoms with Crippen LogP contribution in [0.1, 0.15) is 63.0 Å². The minimum absolute atomic E-state index is 0.101. The number of hydrogen-bond donors (Lipinski definition) is 2. The van der Waals surface area contributed by atoms with E-state index in [1.165, 1.54) is 6.42 Å². The lowest BCUT2D eigenvalue weighted by Crippen LogP contribution is -2.28. The molecule has 2 rings (SSSR count). The number of nitrogens with one attached hydrogen (secondary N) is 1. The molecule has 1 aromatic rings. The van der Waals surface area contributed by atoms with Crippen LogP contribution in [0.5, 0.6) is 5.75 Å². The number of carbonyl (C=O) groups is 2. The van der Waals surface area contributed by atoms with Gasteiger partial charge >= 0.3 is 0 Å². The third-order valence-electron chi connectivity index (χ3n) is 6.19. The second-order valence-electron chi connectivity index (χ2n) is 9.27. The Kier molecular flexibility index (Phi) is 16.8. The molecule has 1 atom stereocenters. The average molecular weight is 523 g/mol. The molecule has 37 heavy (non-hydrogen) atoms. The Morgan fingerprint density at radius 1 is 0.973 bits per heavy atom. The molecule has 0 aromatic carbocycles. The molecule has 0 spiro atoms. The van der Waals surface area contributed by atoms with E-state index in [2.05, 4.69) is 22.2 Å². The lowest BCUT2D eigenvalue weighted by molar-refractivity contribution is -0.125. The monoisotopic (exact) mass is 522 g/mol. The van der Waals surface area contributed by atoms with Crippen molar-refractivity contribution >= 4 is 11.7 Å². The molecule has 2 heterocycles. The largest absolute Gasteiger partial charge is 0.490 e. The topological polar surface area (TPSA) is 125 Å². The summed E-state index contributed by atoms with van der Waals surface area (Å²) >= 11 is 0. The molecule has 3 N–H and O–H groups in total. The van der Waals surface area contributed by atoms with Crippen LogP contribution in [0.2, 0.25) is 0 Å². The highest BCUT2D eigenvalue weighted by Gasteiger charge is 2.23. The third-order valence-corrected chi connectivity index (χ3v) is 6.19. The summed E-state index contributed by atoms with van der Waals surface area (Å²) < 4.78 is 22.0. The Bertz CT molecular complexity index is 766. The van der Waals surface area contributed by atoms with Gasteiger partial charge in [0, 0.05) is 44.7 Å².